The van der Waals surface area contributed by atoms with E-state index in [2.05, 4.69) is 5.32 Å². The van der Waals surface area contributed by atoms with Gasteiger partial charge in [-0.05, 0) is 29.7 Å². The van der Waals surface area contributed by atoms with Crippen LogP contribution in [0, 0.1) is 0 Å². The van der Waals surface area contributed by atoms with E-state index < -0.39 is 10.1 Å². The van der Waals surface area contributed by atoms with E-state index in [0.717, 1.165) is 0 Å². The fourth-order valence-electron chi connectivity index (χ4n) is 1.76. The Hall–Kier alpha value is -1.70. The van der Waals surface area contributed by atoms with Gasteiger partial charge in [0.05, 0.1) is 0 Å². The van der Waals surface area contributed by atoms with Crippen molar-refractivity contribution in [1.29, 1.82) is 0 Å². The van der Waals surface area contributed by atoms with Crippen LogP contribution in [0.1, 0.15) is 0 Å². The van der Waals surface area contributed by atoms with Crippen LogP contribution >= 0.6 is 12.2 Å². The molecular weight excluding hydrogens is 272 g/mol. The van der Waals surface area contributed by atoms with E-state index >= 15 is 0 Å². The fourth-order valence-corrected chi connectivity index (χ4v) is 2.60. The van der Waals surface area contributed by atoms with Gasteiger partial charge in [-0.15, -0.1) is 0 Å². The van der Waals surface area contributed by atoms with Crippen LogP contribution in [0.4, 0.5) is 5.69 Å². The molecule has 2 aromatic carbocycles. The highest BCUT2D eigenvalue weighted by atomic mass is 32.2. The molecular formula is C11H10N2O3S2. The summed E-state index contributed by atoms with van der Waals surface area (Å²) in [6.45, 7) is 0. The summed E-state index contributed by atoms with van der Waals surface area (Å²) in [5, 5.41) is 3.73. The van der Waals surface area contributed by atoms with Gasteiger partial charge in [-0.1, -0.05) is 24.3 Å². The molecule has 18 heavy (non-hydrogen) atoms. The van der Waals surface area contributed by atoms with E-state index in [1.165, 1.54) is 6.07 Å². The van der Waals surface area contributed by atoms with Crippen molar-refractivity contribution in [3.05, 3.63) is 36.4 Å². The first-order valence-electron chi connectivity index (χ1n) is 4.95. The third-order valence-electron chi connectivity index (χ3n) is 2.40. The molecule has 2 aromatic rings. The Labute approximate surface area is 109 Å². The standard InChI is InChI=1S/C11H10N2O3S2/c12-11(17)13-8-5-1-3-7-4-2-6-9(10(7)8)18(14,15)16/h1-6H,(H3,12,13,17)(H,14,15,16). The van der Waals surface area contributed by atoms with Crippen molar-refractivity contribution in [2.75, 3.05) is 5.32 Å². The van der Waals surface area contributed by atoms with Gasteiger partial charge in [0.2, 0.25) is 0 Å². The summed E-state index contributed by atoms with van der Waals surface area (Å²) in [5.74, 6) is 0. The molecule has 0 saturated carbocycles. The minimum atomic E-state index is -4.31. The van der Waals surface area contributed by atoms with Crippen molar-refractivity contribution in [1.82, 2.24) is 0 Å². The Morgan fingerprint density at radius 1 is 1.22 bits per heavy atom. The van der Waals surface area contributed by atoms with Gasteiger partial charge in [0.1, 0.15) is 4.90 Å². The van der Waals surface area contributed by atoms with Crippen LogP contribution in [0.15, 0.2) is 41.3 Å². The highest BCUT2D eigenvalue weighted by Crippen LogP contribution is 2.29. The van der Waals surface area contributed by atoms with E-state index in [4.69, 9.17) is 18.0 Å². The van der Waals surface area contributed by atoms with Gasteiger partial charge in [-0.3, -0.25) is 4.55 Å². The number of fused-ring (bicyclic) bond motifs is 1. The van der Waals surface area contributed by atoms with Crippen LogP contribution in [0.25, 0.3) is 10.8 Å². The number of hydrogen-bond donors (Lipinski definition) is 3. The summed E-state index contributed by atoms with van der Waals surface area (Å²) in [6, 6.07) is 9.70. The fraction of sp³-hybridized carbons (Fsp3) is 0. The molecule has 0 unspecified atom stereocenters. The Morgan fingerprint density at radius 2 is 1.83 bits per heavy atom. The molecule has 0 aliphatic rings. The SMILES string of the molecule is NC(=S)Nc1cccc2cccc(S(=O)(=O)O)c12. The van der Waals surface area contributed by atoms with Crippen LogP contribution in [-0.4, -0.2) is 18.1 Å². The van der Waals surface area contributed by atoms with Gasteiger partial charge in [0.25, 0.3) is 10.1 Å². The first-order valence-corrected chi connectivity index (χ1v) is 6.80. The second-order valence-corrected chi connectivity index (χ2v) is 5.45. The van der Waals surface area contributed by atoms with Crippen LogP contribution < -0.4 is 11.1 Å². The maximum atomic E-state index is 11.3. The molecule has 0 radical (unpaired) electrons. The lowest BCUT2D eigenvalue weighted by Gasteiger charge is -2.10. The number of thiocarbonyl (C=S) groups is 1. The van der Waals surface area contributed by atoms with Crippen LogP contribution in [0.2, 0.25) is 0 Å². The molecule has 2 rings (SSSR count). The van der Waals surface area contributed by atoms with Gasteiger partial charge in [-0.25, -0.2) is 0 Å². The largest absolute Gasteiger partial charge is 0.376 e. The topological polar surface area (TPSA) is 92.4 Å². The monoisotopic (exact) mass is 282 g/mol. The predicted octanol–water partition coefficient (Wildman–Crippen LogP) is 1.74. The zero-order valence-electron chi connectivity index (χ0n) is 9.12. The van der Waals surface area contributed by atoms with Crippen molar-refractivity contribution < 1.29 is 13.0 Å². The average Bonchev–Trinajstić information content (AvgIpc) is 2.26. The molecule has 5 nitrogen and oxygen atoms in total. The number of hydrogen-bond acceptors (Lipinski definition) is 3. The molecule has 7 heteroatoms. The molecule has 94 valence electrons. The highest BCUT2D eigenvalue weighted by molar-refractivity contribution is 7.86. The molecule has 0 aromatic heterocycles. The maximum absolute atomic E-state index is 11.3. The molecule has 0 aliphatic heterocycles. The van der Waals surface area contributed by atoms with Gasteiger partial charge < -0.3 is 11.1 Å². The quantitative estimate of drug-likeness (QED) is 0.574. The summed E-state index contributed by atoms with van der Waals surface area (Å²) in [7, 11) is -4.31. The van der Waals surface area contributed by atoms with E-state index in [-0.39, 0.29) is 10.0 Å². The molecule has 0 heterocycles. The molecule has 4 N–H and O–H groups in total. The lowest BCUT2D eigenvalue weighted by molar-refractivity contribution is 0.484. The van der Waals surface area contributed by atoms with Crippen molar-refractivity contribution >= 4 is 43.9 Å². The van der Waals surface area contributed by atoms with E-state index in [0.29, 0.717) is 16.5 Å². The molecule has 0 amide bonds. The molecule has 0 fully saturated rings. The second kappa shape index (κ2) is 4.52. The number of benzene rings is 2. The molecule has 0 bridgehead atoms. The summed E-state index contributed by atoms with van der Waals surface area (Å²) in [5.41, 5.74) is 5.82. The van der Waals surface area contributed by atoms with Crippen molar-refractivity contribution in [3.63, 3.8) is 0 Å². The minimum absolute atomic E-state index is 0.0210. The molecule has 0 spiro atoms. The first-order chi connectivity index (χ1) is 8.39. The van der Waals surface area contributed by atoms with Crippen LogP contribution in [-0.2, 0) is 10.1 Å². The van der Waals surface area contributed by atoms with E-state index in [9.17, 15) is 13.0 Å². The molecule has 0 saturated heterocycles. The molecule has 0 atom stereocenters. The van der Waals surface area contributed by atoms with Crippen LogP contribution in [0.5, 0.6) is 0 Å². The normalized spacial score (nSPS) is 11.4. The van der Waals surface area contributed by atoms with Gasteiger partial charge in [0.15, 0.2) is 5.11 Å². The summed E-state index contributed by atoms with van der Waals surface area (Å²) >= 11 is 4.73. The Morgan fingerprint density at radius 3 is 2.39 bits per heavy atom. The summed E-state index contributed by atoms with van der Waals surface area (Å²) < 4.78 is 31.9. The summed E-state index contributed by atoms with van der Waals surface area (Å²) in [6.07, 6.45) is 0. The smallest absolute Gasteiger partial charge is 0.295 e. The predicted molar refractivity (Wildman–Crippen MR) is 74.2 cm³/mol. The third kappa shape index (κ3) is 2.42. The molecule has 0 aliphatic carbocycles. The average molecular weight is 282 g/mol. The summed E-state index contributed by atoms with van der Waals surface area (Å²) in [4.78, 5) is -0.181. The lowest BCUT2D eigenvalue weighted by Crippen LogP contribution is -2.19. The van der Waals surface area contributed by atoms with Crippen LogP contribution in [0.3, 0.4) is 0 Å². The first kappa shape index (κ1) is 12.7. The van der Waals surface area contributed by atoms with Gasteiger partial charge in [0, 0.05) is 11.1 Å². The zero-order chi connectivity index (χ0) is 13.3. The Bertz CT molecular complexity index is 721. The Kier molecular flexibility index (Phi) is 3.20. The van der Waals surface area contributed by atoms with Crippen molar-refractivity contribution in [3.8, 4) is 0 Å². The van der Waals surface area contributed by atoms with Gasteiger partial charge >= 0.3 is 0 Å². The van der Waals surface area contributed by atoms with Crippen molar-refractivity contribution in [2.45, 2.75) is 4.90 Å². The number of nitrogens with two attached hydrogens (primary N) is 1. The minimum Gasteiger partial charge on any atom is -0.376 e. The van der Waals surface area contributed by atoms with E-state index in [1.54, 1.807) is 30.3 Å². The Balaban J connectivity index is 2.84. The number of anilines is 1. The second-order valence-electron chi connectivity index (χ2n) is 3.62. The lowest BCUT2D eigenvalue weighted by atomic mass is 10.1. The zero-order valence-corrected chi connectivity index (χ0v) is 10.8. The number of rotatable bonds is 2. The highest BCUT2D eigenvalue weighted by Gasteiger charge is 2.16. The van der Waals surface area contributed by atoms with E-state index in [1.807, 2.05) is 0 Å². The van der Waals surface area contributed by atoms with Gasteiger partial charge in [-0.2, -0.15) is 8.42 Å². The number of nitrogens with one attached hydrogen (secondary N) is 1. The van der Waals surface area contributed by atoms with Crippen molar-refractivity contribution in [2.24, 2.45) is 5.73 Å². The third-order valence-corrected chi connectivity index (χ3v) is 3.40. The maximum Gasteiger partial charge on any atom is 0.295 e.